The van der Waals surface area contributed by atoms with E-state index in [1.165, 1.54) is 6.92 Å². The van der Waals surface area contributed by atoms with Crippen LogP contribution in [0.5, 0.6) is 0 Å². The van der Waals surface area contributed by atoms with Crippen molar-refractivity contribution in [1.29, 1.82) is 0 Å². The number of nitrogens with two attached hydrogens (primary N) is 1. The van der Waals surface area contributed by atoms with Crippen LogP contribution in [0.25, 0.3) is 0 Å². The Bertz CT molecular complexity index is 217. The topological polar surface area (TPSA) is 75.4 Å². The third-order valence-corrected chi connectivity index (χ3v) is 2.23. The van der Waals surface area contributed by atoms with E-state index in [9.17, 15) is 9.59 Å². The Labute approximate surface area is 91.0 Å². The largest absolute Gasteiger partial charge is 0.368 e. The Morgan fingerprint density at radius 1 is 1.33 bits per heavy atom. The van der Waals surface area contributed by atoms with Crippen LogP contribution in [0.15, 0.2) is 0 Å². The second kappa shape index (κ2) is 7.23. The van der Waals surface area contributed by atoms with Crippen LogP contribution in [-0.4, -0.2) is 43.4 Å². The van der Waals surface area contributed by atoms with E-state index in [0.717, 1.165) is 19.3 Å². The van der Waals surface area contributed by atoms with Gasteiger partial charge in [-0.05, 0) is 33.4 Å². The van der Waals surface area contributed by atoms with E-state index in [2.05, 4.69) is 5.32 Å². The fraction of sp³-hybridized carbons (Fsp3) is 0.800. The quantitative estimate of drug-likeness (QED) is 0.350. The van der Waals surface area contributed by atoms with Crippen molar-refractivity contribution < 1.29 is 9.59 Å². The maximum absolute atomic E-state index is 11.0. The SMILES string of the molecule is CC(=O)N[13CH2]CCCC(C([15NH2])=O)[15N](C)C. The minimum absolute atomic E-state index is 0.0194. The fourth-order valence-corrected chi connectivity index (χ4v) is 1.38. The zero-order chi connectivity index (χ0) is 11.8. The van der Waals surface area contributed by atoms with Gasteiger partial charge in [0.15, 0.2) is 0 Å². The molecule has 0 aliphatic rings. The van der Waals surface area contributed by atoms with Gasteiger partial charge in [0, 0.05) is 13.5 Å². The minimum atomic E-state index is -0.292. The van der Waals surface area contributed by atoms with Gasteiger partial charge in [0.1, 0.15) is 0 Å². The predicted molar refractivity (Wildman–Crippen MR) is 59.2 cm³/mol. The molecule has 1 atom stereocenters. The average molecular weight is 218 g/mol. The van der Waals surface area contributed by atoms with Gasteiger partial charge in [0.25, 0.3) is 0 Å². The van der Waals surface area contributed by atoms with Crippen LogP contribution in [-0.2, 0) is 9.59 Å². The maximum Gasteiger partial charge on any atom is 0.234 e. The van der Waals surface area contributed by atoms with Gasteiger partial charge >= 0.3 is 0 Å². The Kier molecular flexibility index (Phi) is 6.70. The standard InChI is InChI=1S/C10H21N3O2/c1-8(14)12-7-5-4-6-9(10(11)15)13(2)3/h9H,4-7H2,1-3H3,(H2,11,15)(H,12,14)/i7+1,11+1,13+1. The number of unbranched alkanes of at least 4 members (excludes halogenated alkanes) is 1. The third kappa shape index (κ3) is 6.90. The molecule has 0 aliphatic carbocycles. The lowest BCUT2D eigenvalue weighted by molar-refractivity contribution is -0.122. The number of likely N-dealkylation sites (N-methyl/N-ethyl adjacent to an activating group) is 1. The number of carbonyl (C=O) groups is 2. The highest BCUT2D eigenvalue weighted by molar-refractivity contribution is 5.79. The van der Waals surface area contributed by atoms with Crippen molar-refractivity contribution in [3.8, 4) is 0 Å². The molecular formula is C10H21N3O2. The van der Waals surface area contributed by atoms with E-state index >= 15 is 0 Å². The van der Waals surface area contributed by atoms with Gasteiger partial charge < -0.3 is 11.1 Å². The van der Waals surface area contributed by atoms with Crippen LogP contribution < -0.4 is 11.1 Å². The van der Waals surface area contributed by atoms with E-state index in [-0.39, 0.29) is 17.9 Å². The summed E-state index contributed by atoms with van der Waals surface area (Å²) >= 11 is 0. The number of carbonyl (C=O) groups excluding carboxylic acids is 2. The molecule has 0 aromatic heterocycles. The molecule has 88 valence electrons. The number of rotatable bonds is 7. The molecule has 0 spiro atoms. The van der Waals surface area contributed by atoms with Crippen molar-refractivity contribution in [2.24, 2.45) is 5.73 Å². The molecule has 0 bridgehead atoms. The molecule has 0 aliphatic heterocycles. The first-order valence-corrected chi connectivity index (χ1v) is 5.15. The first kappa shape index (κ1) is 13.9. The number of nitrogens with zero attached hydrogens (tertiary/aromatic N) is 1. The van der Waals surface area contributed by atoms with Crippen molar-refractivity contribution in [1.82, 2.24) is 10.2 Å². The lowest BCUT2D eigenvalue weighted by Crippen LogP contribution is -2.40. The first-order chi connectivity index (χ1) is 6.95. The highest BCUT2D eigenvalue weighted by Gasteiger charge is 2.16. The van der Waals surface area contributed by atoms with E-state index < -0.39 is 0 Å². The highest BCUT2D eigenvalue weighted by Crippen LogP contribution is 2.04. The molecule has 0 saturated heterocycles. The molecule has 0 fully saturated rings. The summed E-state index contributed by atoms with van der Waals surface area (Å²) in [6, 6.07) is -0.206. The van der Waals surface area contributed by atoms with Crippen molar-refractivity contribution in [2.45, 2.75) is 32.2 Å². The summed E-state index contributed by atoms with van der Waals surface area (Å²) in [6.45, 7) is 2.15. The van der Waals surface area contributed by atoms with Crippen molar-refractivity contribution in [2.75, 3.05) is 20.6 Å². The molecule has 0 aromatic carbocycles. The molecular weight excluding hydrogens is 197 g/mol. The van der Waals surface area contributed by atoms with Crippen LogP contribution >= 0.6 is 0 Å². The fourth-order valence-electron chi connectivity index (χ4n) is 1.38. The Balaban J connectivity index is 3.63. The van der Waals surface area contributed by atoms with Crippen LogP contribution in [0, 0.1) is 0 Å². The molecule has 15 heavy (non-hydrogen) atoms. The summed E-state index contributed by atoms with van der Waals surface area (Å²) in [5, 5.41) is 2.71. The Morgan fingerprint density at radius 3 is 2.33 bits per heavy atom. The van der Waals surface area contributed by atoms with Crippen LogP contribution in [0.3, 0.4) is 0 Å². The number of nitrogens with one attached hydrogen (secondary N) is 1. The average Bonchev–Trinajstić information content (AvgIpc) is 2.08. The molecule has 0 saturated carbocycles. The summed E-state index contributed by atoms with van der Waals surface area (Å²) in [5.41, 5.74) is 5.25. The highest BCUT2D eigenvalue weighted by atomic mass is 16.2. The molecule has 5 heteroatoms. The Morgan fingerprint density at radius 2 is 1.93 bits per heavy atom. The smallest absolute Gasteiger partial charge is 0.234 e. The van der Waals surface area contributed by atoms with Gasteiger partial charge in [-0.2, -0.15) is 0 Å². The van der Waals surface area contributed by atoms with Gasteiger partial charge in [-0.25, -0.2) is 0 Å². The molecule has 0 aromatic rings. The second-order valence-corrected chi connectivity index (χ2v) is 3.86. The summed E-state index contributed by atoms with van der Waals surface area (Å²) in [7, 11) is 3.67. The zero-order valence-electron chi connectivity index (χ0n) is 9.75. The number of hydrogen-bond donors (Lipinski definition) is 2. The van der Waals surface area contributed by atoms with Gasteiger partial charge in [-0.1, -0.05) is 0 Å². The number of primary amides is 1. The lowest BCUT2D eigenvalue weighted by atomic mass is 10.1. The van der Waals surface area contributed by atoms with E-state index in [1.807, 2.05) is 19.0 Å². The normalized spacial score (nSPS) is 12.5. The molecule has 5 nitrogen and oxygen atoms in total. The van der Waals surface area contributed by atoms with Crippen molar-refractivity contribution in [3.05, 3.63) is 0 Å². The summed E-state index contributed by atoms with van der Waals surface area (Å²) in [4.78, 5) is 23.4. The predicted octanol–water partition coefficient (Wildman–Crippen LogP) is -0.292. The molecule has 0 rings (SSSR count). The van der Waals surface area contributed by atoms with Gasteiger partial charge in [-0.3, -0.25) is 14.5 Å². The molecule has 0 radical (unpaired) electrons. The van der Waals surface area contributed by atoms with E-state index in [1.54, 1.807) is 0 Å². The maximum atomic E-state index is 11.0. The van der Waals surface area contributed by atoms with Gasteiger partial charge in [-0.15, -0.1) is 0 Å². The summed E-state index contributed by atoms with van der Waals surface area (Å²) in [6.07, 6.45) is 2.49. The molecule has 2 amide bonds. The second-order valence-electron chi connectivity index (χ2n) is 3.86. The van der Waals surface area contributed by atoms with Crippen LogP contribution in [0.1, 0.15) is 26.2 Å². The van der Waals surface area contributed by atoms with E-state index in [0.29, 0.717) is 6.54 Å². The first-order valence-electron chi connectivity index (χ1n) is 5.15. The molecule has 3 N–H and O–H groups in total. The lowest BCUT2D eigenvalue weighted by Gasteiger charge is -2.20. The molecule has 0 heterocycles. The van der Waals surface area contributed by atoms with Gasteiger partial charge in [0.2, 0.25) is 11.8 Å². The van der Waals surface area contributed by atoms with Gasteiger partial charge in [0.05, 0.1) is 6.04 Å². The zero-order valence-corrected chi connectivity index (χ0v) is 9.75. The minimum Gasteiger partial charge on any atom is -0.368 e. The monoisotopic (exact) mass is 218 g/mol. The number of hydrogen-bond acceptors (Lipinski definition) is 3. The third-order valence-electron chi connectivity index (χ3n) is 2.23. The number of amides is 2. The van der Waals surface area contributed by atoms with E-state index in [4.69, 9.17) is 5.73 Å². The summed E-state index contributed by atoms with van der Waals surface area (Å²) < 4.78 is 0. The van der Waals surface area contributed by atoms with Crippen molar-refractivity contribution in [3.63, 3.8) is 0 Å². The molecule has 1 unspecified atom stereocenters. The van der Waals surface area contributed by atoms with Crippen LogP contribution in [0.4, 0.5) is 0 Å². The Hall–Kier alpha value is -1.10. The van der Waals surface area contributed by atoms with Crippen LogP contribution in [0.2, 0.25) is 0 Å². The van der Waals surface area contributed by atoms with Crippen molar-refractivity contribution >= 4 is 11.8 Å². The summed E-state index contributed by atoms with van der Waals surface area (Å²) in [5.74, 6) is -0.311.